The van der Waals surface area contributed by atoms with Crippen molar-refractivity contribution < 1.29 is 19.3 Å². The van der Waals surface area contributed by atoms with Crippen LogP contribution in [-0.2, 0) is 0 Å². The van der Waals surface area contributed by atoms with Crippen LogP contribution in [-0.4, -0.2) is 43.1 Å². The van der Waals surface area contributed by atoms with Crippen molar-refractivity contribution in [1.29, 1.82) is 0 Å². The van der Waals surface area contributed by atoms with Crippen LogP contribution in [0.1, 0.15) is 6.92 Å². The van der Waals surface area contributed by atoms with Crippen LogP contribution in [0.4, 0.5) is 0 Å². The Labute approximate surface area is 152 Å². The maximum Gasteiger partial charge on any atom is 0.161 e. The first-order valence-electron chi connectivity index (χ1n) is 8.30. The fraction of sp³-hybridized carbons (Fsp3) is 0.368. The van der Waals surface area contributed by atoms with Crippen molar-refractivity contribution in [3.05, 3.63) is 53.6 Å². The molecule has 0 amide bonds. The van der Waals surface area contributed by atoms with Crippen molar-refractivity contribution in [3.63, 3.8) is 0 Å². The molecule has 0 radical (unpaired) electrons. The Morgan fingerprint density at radius 1 is 1.20 bits per heavy atom. The molecule has 0 aliphatic carbocycles. The summed E-state index contributed by atoms with van der Waals surface area (Å²) in [6.45, 7) is 3.08. The Morgan fingerprint density at radius 3 is 2.68 bits per heavy atom. The number of rotatable bonds is 7. The highest BCUT2D eigenvalue weighted by molar-refractivity contribution is 6.30. The van der Waals surface area contributed by atoms with E-state index in [1.807, 2.05) is 31.2 Å². The monoisotopic (exact) mass is 363 g/mol. The third-order valence-electron chi connectivity index (χ3n) is 4.02. The minimum atomic E-state index is -0.630. The molecule has 0 aromatic heterocycles. The molecule has 2 aromatic rings. The maximum atomic E-state index is 10.1. The fourth-order valence-electron chi connectivity index (χ4n) is 2.52. The van der Waals surface area contributed by atoms with Gasteiger partial charge in [-0.2, -0.15) is 0 Å². The minimum absolute atomic E-state index is 0.0264. The number of nitrogens with one attached hydrogen (secondary N) is 1. The van der Waals surface area contributed by atoms with Crippen LogP contribution >= 0.6 is 11.6 Å². The van der Waals surface area contributed by atoms with E-state index in [9.17, 15) is 5.11 Å². The number of halogens is 1. The standard InChI is InChI=1S/C19H22ClNO4/c1-13(19-12-24-17-4-2-3-5-18(17)25-19)21-10-15(22)11-23-16-8-6-14(20)7-9-16/h2-9,13,15,19,21-22H,10-12H2,1H3/t13-,15-,19+/m0/s1. The number of aliphatic hydroxyl groups excluding tert-OH is 1. The van der Waals surface area contributed by atoms with Crippen molar-refractivity contribution >= 4 is 11.6 Å². The van der Waals surface area contributed by atoms with E-state index in [1.165, 1.54) is 0 Å². The lowest BCUT2D eigenvalue weighted by Crippen LogP contribution is -2.48. The minimum Gasteiger partial charge on any atom is -0.491 e. The molecule has 25 heavy (non-hydrogen) atoms. The van der Waals surface area contributed by atoms with E-state index in [4.69, 9.17) is 25.8 Å². The fourth-order valence-corrected chi connectivity index (χ4v) is 2.64. The highest BCUT2D eigenvalue weighted by Gasteiger charge is 2.26. The van der Waals surface area contributed by atoms with Gasteiger partial charge in [0, 0.05) is 17.6 Å². The number of benzene rings is 2. The number of para-hydroxylation sites is 2. The summed E-state index contributed by atoms with van der Waals surface area (Å²) in [7, 11) is 0. The number of hydrogen-bond acceptors (Lipinski definition) is 5. The molecule has 0 unspecified atom stereocenters. The van der Waals surface area contributed by atoms with Gasteiger partial charge < -0.3 is 24.6 Å². The first-order chi connectivity index (χ1) is 12.1. The van der Waals surface area contributed by atoms with Crippen molar-refractivity contribution in [2.75, 3.05) is 19.8 Å². The molecule has 1 heterocycles. The Hall–Kier alpha value is -1.95. The summed E-state index contributed by atoms with van der Waals surface area (Å²) >= 11 is 5.83. The SMILES string of the molecule is C[C@H](NC[C@H](O)COc1ccc(Cl)cc1)[C@H]1COc2ccccc2O1. The van der Waals surface area contributed by atoms with Gasteiger partial charge >= 0.3 is 0 Å². The van der Waals surface area contributed by atoms with Gasteiger partial charge in [0.15, 0.2) is 11.5 Å². The topological polar surface area (TPSA) is 60.0 Å². The van der Waals surface area contributed by atoms with Crippen LogP contribution in [0, 0.1) is 0 Å². The molecule has 6 heteroatoms. The average Bonchev–Trinajstić information content (AvgIpc) is 2.65. The predicted octanol–water partition coefficient (Wildman–Crippen LogP) is 2.90. The lowest BCUT2D eigenvalue weighted by Gasteiger charge is -2.31. The molecule has 1 aliphatic rings. The molecule has 2 N–H and O–H groups in total. The molecule has 3 rings (SSSR count). The highest BCUT2D eigenvalue weighted by Crippen LogP contribution is 2.31. The normalized spacial score (nSPS) is 18.4. The van der Waals surface area contributed by atoms with Gasteiger partial charge in [-0.15, -0.1) is 0 Å². The summed E-state index contributed by atoms with van der Waals surface area (Å²) in [5.74, 6) is 2.19. The summed E-state index contributed by atoms with van der Waals surface area (Å²) in [6.07, 6.45) is -0.741. The molecule has 2 aromatic carbocycles. The molecular weight excluding hydrogens is 342 g/mol. The summed E-state index contributed by atoms with van der Waals surface area (Å²) in [5, 5.41) is 14.0. The van der Waals surface area contributed by atoms with Crippen molar-refractivity contribution in [3.8, 4) is 17.2 Å². The van der Waals surface area contributed by atoms with Gasteiger partial charge in [0.1, 0.15) is 31.2 Å². The van der Waals surface area contributed by atoms with Crippen LogP contribution in [0.3, 0.4) is 0 Å². The van der Waals surface area contributed by atoms with E-state index in [-0.39, 0.29) is 18.8 Å². The summed E-state index contributed by atoms with van der Waals surface area (Å²) < 4.78 is 17.2. The van der Waals surface area contributed by atoms with E-state index in [0.29, 0.717) is 23.9 Å². The number of aliphatic hydroxyl groups is 1. The average molecular weight is 364 g/mol. The van der Waals surface area contributed by atoms with Gasteiger partial charge in [0.25, 0.3) is 0 Å². The van der Waals surface area contributed by atoms with Crippen LogP contribution in [0.5, 0.6) is 17.2 Å². The molecule has 1 aliphatic heterocycles. The Kier molecular flexibility index (Phi) is 6.02. The number of hydrogen-bond donors (Lipinski definition) is 2. The van der Waals surface area contributed by atoms with Crippen LogP contribution < -0.4 is 19.5 Å². The zero-order chi connectivity index (χ0) is 17.6. The summed E-state index contributed by atoms with van der Waals surface area (Å²) in [6, 6.07) is 14.7. The zero-order valence-corrected chi connectivity index (χ0v) is 14.8. The highest BCUT2D eigenvalue weighted by atomic mass is 35.5. The van der Waals surface area contributed by atoms with Gasteiger partial charge in [0.05, 0.1) is 0 Å². The third-order valence-corrected chi connectivity index (χ3v) is 4.27. The molecule has 0 saturated heterocycles. The zero-order valence-electron chi connectivity index (χ0n) is 14.0. The third kappa shape index (κ3) is 5.01. The van der Waals surface area contributed by atoms with E-state index >= 15 is 0 Å². The Bertz CT molecular complexity index is 679. The molecule has 0 spiro atoms. The van der Waals surface area contributed by atoms with Crippen LogP contribution in [0.15, 0.2) is 48.5 Å². The largest absolute Gasteiger partial charge is 0.491 e. The second-order valence-corrected chi connectivity index (χ2v) is 6.47. The molecule has 0 fully saturated rings. The van der Waals surface area contributed by atoms with Crippen molar-refractivity contribution in [1.82, 2.24) is 5.32 Å². The van der Waals surface area contributed by atoms with Crippen LogP contribution in [0.25, 0.3) is 0 Å². The van der Waals surface area contributed by atoms with Gasteiger partial charge in [-0.1, -0.05) is 23.7 Å². The van der Waals surface area contributed by atoms with Gasteiger partial charge in [-0.05, 0) is 43.3 Å². The maximum absolute atomic E-state index is 10.1. The molecular formula is C19H22ClNO4. The van der Waals surface area contributed by atoms with E-state index in [0.717, 1.165) is 11.5 Å². The van der Waals surface area contributed by atoms with E-state index in [1.54, 1.807) is 24.3 Å². The lowest BCUT2D eigenvalue weighted by molar-refractivity contribution is 0.0557. The quantitative estimate of drug-likeness (QED) is 0.792. The van der Waals surface area contributed by atoms with Gasteiger partial charge in [0.2, 0.25) is 0 Å². The van der Waals surface area contributed by atoms with E-state index in [2.05, 4.69) is 5.32 Å². The van der Waals surface area contributed by atoms with Crippen molar-refractivity contribution in [2.45, 2.75) is 25.2 Å². The molecule has 134 valence electrons. The molecule has 0 saturated carbocycles. The second-order valence-electron chi connectivity index (χ2n) is 6.03. The van der Waals surface area contributed by atoms with E-state index < -0.39 is 6.10 Å². The van der Waals surface area contributed by atoms with Gasteiger partial charge in [-0.25, -0.2) is 0 Å². The van der Waals surface area contributed by atoms with Crippen LogP contribution in [0.2, 0.25) is 5.02 Å². The number of ether oxygens (including phenoxy) is 3. The first kappa shape index (κ1) is 17.9. The summed E-state index contributed by atoms with van der Waals surface area (Å²) in [4.78, 5) is 0. The smallest absolute Gasteiger partial charge is 0.161 e. The van der Waals surface area contributed by atoms with Crippen molar-refractivity contribution in [2.24, 2.45) is 0 Å². The molecule has 3 atom stereocenters. The lowest BCUT2D eigenvalue weighted by atomic mass is 10.1. The Morgan fingerprint density at radius 2 is 1.92 bits per heavy atom. The predicted molar refractivity (Wildman–Crippen MR) is 96.8 cm³/mol. The Balaban J connectivity index is 1.41. The first-order valence-corrected chi connectivity index (χ1v) is 8.68. The van der Waals surface area contributed by atoms with Gasteiger partial charge in [-0.3, -0.25) is 0 Å². The second kappa shape index (κ2) is 8.43. The molecule has 0 bridgehead atoms. The molecule has 5 nitrogen and oxygen atoms in total. The number of fused-ring (bicyclic) bond motifs is 1. The summed E-state index contributed by atoms with van der Waals surface area (Å²) in [5.41, 5.74) is 0.